The minimum absolute atomic E-state index is 0.0519. The van der Waals surface area contributed by atoms with E-state index in [0.29, 0.717) is 19.6 Å². The second-order valence-electron chi connectivity index (χ2n) is 8.27. The van der Waals surface area contributed by atoms with E-state index >= 15 is 0 Å². The third-order valence-electron chi connectivity index (χ3n) is 5.34. The lowest BCUT2D eigenvalue weighted by Crippen LogP contribution is -2.26. The number of hydrogen-bond acceptors (Lipinski definition) is 6. The molecule has 1 aromatic heterocycles. The number of thioether (sulfide) groups is 1. The zero-order valence-electron chi connectivity index (χ0n) is 20.5. The zero-order valence-corrected chi connectivity index (χ0v) is 21.3. The normalized spacial score (nSPS) is 10.9. The van der Waals surface area contributed by atoms with Gasteiger partial charge in [0.2, 0.25) is 5.91 Å². The predicted molar refractivity (Wildman–Crippen MR) is 136 cm³/mol. The van der Waals surface area contributed by atoms with Gasteiger partial charge in [0.05, 0.1) is 19.4 Å². The van der Waals surface area contributed by atoms with E-state index in [1.54, 1.807) is 26.0 Å². The number of benzene rings is 2. The molecule has 7 nitrogen and oxygen atoms in total. The van der Waals surface area contributed by atoms with Gasteiger partial charge >= 0.3 is 0 Å². The monoisotopic (exact) mass is 482 g/mol. The number of rotatable bonds is 13. The van der Waals surface area contributed by atoms with Crippen LogP contribution in [0.1, 0.15) is 41.8 Å². The number of methoxy groups -OCH3 is 2. The van der Waals surface area contributed by atoms with Gasteiger partial charge in [0, 0.05) is 38.3 Å². The van der Waals surface area contributed by atoms with Gasteiger partial charge in [0.15, 0.2) is 5.16 Å². The summed E-state index contributed by atoms with van der Waals surface area (Å²) in [6.45, 7) is 5.31. The number of unbranched alkanes of at least 4 members (excludes halogenated alkanes) is 1. The maximum absolute atomic E-state index is 11.9. The first-order chi connectivity index (χ1) is 16.5. The molecular formula is C26H34N4O3S. The maximum Gasteiger partial charge on any atom is 0.220 e. The minimum atomic E-state index is 0.0519. The average molecular weight is 483 g/mol. The molecule has 0 radical (unpaired) electrons. The molecule has 0 fully saturated rings. The predicted octanol–water partition coefficient (Wildman–Crippen LogP) is 4.66. The number of hydrogen-bond donors (Lipinski definition) is 1. The summed E-state index contributed by atoms with van der Waals surface area (Å²) in [5.41, 5.74) is 4.76. The van der Waals surface area contributed by atoms with E-state index in [0.717, 1.165) is 47.4 Å². The van der Waals surface area contributed by atoms with E-state index in [1.807, 2.05) is 24.3 Å². The topological polar surface area (TPSA) is 78.3 Å². The highest BCUT2D eigenvalue weighted by Crippen LogP contribution is 2.28. The second-order valence-corrected chi connectivity index (χ2v) is 9.21. The molecule has 182 valence electrons. The van der Waals surface area contributed by atoms with Crippen molar-refractivity contribution in [3.63, 3.8) is 0 Å². The molecule has 8 heteroatoms. The molecule has 1 heterocycles. The number of carbonyl (C=O) groups is 1. The van der Waals surface area contributed by atoms with Crippen LogP contribution < -0.4 is 10.1 Å². The smallest absolute Gasteiger partial charge is 0.220 e. The fraction of sp³-hybridized carbons (Fsp3) is 0.423. The summed E-state index contributed by atoms with van der Waals surface area (Å²) in [6, 6.07) is 14.5. The Balaban J connectivity index is 1.71. The Morgan fingerprint density at radius 1 is 1.06 bits per heavy atom. The Bertz CT molecular complexity index is 1060. The highest BCUT2D eigenvalue weighted by Gasteiger charge is 2.15. The lowest BCUT2D eigenvalue weighted by Gasteiger charge is -2.12. The van der Waals surface area contributed by atoms with Gasteiger partial charge in [-0.15, -0.1) is 10.2 Å². The molecule has 1 N–H and O–H groups in total. The van der Waals surface area contributed by atoms with E-state index in [9.17, 15) is 4.79 Å². The standard InChI is InChI=1S/C26H34N4O3S/c1-19-14-20(2)16-21(15-19)18-34-26-29-28-24(10-5-6-11-25(31)27-12-13-32-3)30(26)22-8-7-9-23(17-22)33-4/h7-9,14-17H,5-6,10-13,18H2,1-4H3,(H,27,31). The average Bonchev–Trinajstić information content (AvgIpc) is 3.23. The molecule has 0 saturated heterocycles. The number of aryl methyl sites for hydroxylation is 3. The van der Waals surface area contributed by atoms with Crippen molar-refractivity contribution in [2.45, 2.75) is 50.4 Å². The Kier molecular flexibility index (Phi) is 9.97. The molecule has 2 aromatic carbocycles. The van der Waals surface area contributed by atoms with Gasteiger partial charge in [0.1, 0.15) is 11.6 Å². The lowest BCUT2D eigenvalue weighted by molar-refractivity contribution is -0.121. The molecule has 0 bridgehead atoms. The van der Waals surface area contributed by atoms with E-state index in [1.165, 1.54) is 16.7 Å². The van der Waals surface area contributed by atoms with Crippen molar-refractivity contribution in [3.05, 3.63) is 65.0 Å². The third-order valence-corrected chi connectivity index (χ3v) is 6.34. The van der Waals surface area contributed by atoms with Crippen molar-refractivity contribution in [2.75, 3.05) is 27.4 Å². The van der Waals surface area contributed by atoms with Crippen LogP contribution in [0, 0.1) is 13.8 Å². The maximum atomic E-state index is 11.9. The Morgan fingerprint density at radius 3 is 2.59 bits per heavy atom. The van der Waals surface area contributed by atoms with Crippen LogP contribution in [0.2, 0.25) is 0 Å². The number of amides is 1. The van der Waals surface area contributed by atoms with Crippen LogP contribution in [0.15, 0.2) is 47.6 Å². The fourth-order valence-corrected chi connectivity index (χ4v) is 4.72. The summed E-state index contributed by atoms with van der Waals surface area (Å²) >= 11 is 1.67. The van der Waals surface area contributed by atoms with Gasteiger partial charge in [-0.05, 0) is 44.4 Å². The van der Waals surface area contributed by atoms with E-state index in [-0.39, 0.29) is 5.91 Å². The Morgan fingerprint density at radius 2 is 1.85 bits per heavy atom. The fourth-order valence-electron chi connectivity index (χ4n) is 3.81. The summed E-state index contributed by atoms with van der Waals surface area (Å²) in [7, 11) is 3.29. The molecule has 0 aliphatic rings. The molecule has 0 saturated carbocycles. The highest BCUT2D eigenvalue weighted by molar-refractivity contribution is 7.98. The number of ether oxygens (including phenoxy) is 2. The number of nitrogens with one attached hydrogen (secondary N) is 1. The minimum Gasteiger partial charge on any atom is -0.497 e. The molecule has 0 spiro atoms. The summed E-state index contributed by atoms with van der Waals surface area (Å²) in [6.07, 6.45) is 2.86. The molecule has 3 rings (SSSR count). The van der Waals surface area contributed by atoms with Crippen LogP contribution in [0.25, 0.3) is 5.69 Å². The summed E-state index contributed by atoms with van der Waals surface area (Å²) < 4.78 is 12.5. The third kappa shape index (κ3) is 7.60. The molecule has 0 atom stereocenters. The van der Waals surface area contributed by atoms with Crippen LogP contribution in [-0.2, 0) is 21.7 Å². The first kappa shape index (κ1) is 25.8. The van der Waals surface area contributed by atoms with Crippen LogP contribution in [0.5, 0.6) is 5.75 Å². The van der Waals surface area contributed by atoms with Crippen LogP contribution in [-0.4, -0.2) is 48.0 Å². The molecule has 0 aliphatic heterocycles. The van der Waals surface area contributed by atoms with Crippen LogP contribution >= 0.6 is 11.8 Å². The highest BCUT2D eigenvalue weighted by atomic mass is 32.2. The Hall–Kier alpha value is -2.84. The second kappa shape index (κ2) is 13.2. The number of nitrogens with zero attached hydrogens (tertiary/aromatic N) is 3. The molecule has 1 amide bonds. The largest absolute Gasteiger partial charge is 0.497 e. The van der Waals surface area contributed by atoms with E-state index in [2.05, 4.69) is 52.1 Å². The number of carbonyl (C=O) groups excluding carboxylic acids is 1. The Labute approximate surface area is 206 Å². The summed E-state index contributed by atoms with van der Waals surface area (Å²) in [5, 5.41) is 12.7. The molecule has 0 aliphatic carbocycles. The van der Waals surface area contributed by atoms with Crippen molar-refractivity contribution in [2.24, 2.45) is 0 Å². The van der Waals surface area contributed by atoms with Gasteiger partial charge in [-0.25, -0.2) is 0 Å². The van der Waals surface area contributed by atoms with Crippen molar-refractivity contribution < 1.29 is 14.3 Å². The molecule has 0 unspecified atom stereocenters. The van der Waals surface area contributed by atoms with Gasteiger partial charge in [-0.3, -0.25) is 9.36 Å². The zero-order chi connectivity index (χ0) is 24.3. The van der Waals surface area contributed by atoms with Crippen molar-refractivity contribution in [1.82, 2.24) is 20.1 Å². The first-order valence-corrected chi connectivity index (χ1v) is 12.5. The molecule has 3 aromatic rings. The van der Waals surface area contributed by atoms with Gasteiger partial charge in [-0.2, -0.15) is 0 Å². The molecular weight excluding hydrogens is 448 g/mol. The van der Waals surface area contributed by atoms with E-state index < -0.39 is 0 Å². The van der Waals surface area contributed by atoms with Gasteiger partial charge < -0.3 is 14.8 Å². The van der Waals surface area contributed by atoms with Gasteiger partial charge in [-0.1, -0.05) is 47.2 Å². The van der Waals surface area contributed by atoms with Crippen molar-refractivity contribution >= 4 is 17.7 Å². The number of aromatic nitrogens is 3. The molecule has 34 heavy (non-hydrogen) atoms. The summed E-state index contributed by atoms with van der Waals surface area (Å²) in [5.74, 6) is 2.54. The SMILES string of the molecule is COCCNC(=O)CCCCc1nnc(SCc2cc(C)cc(C)c2)n1-c1cccc(OC)c1. The van der Waals surface area contributed by atoms with Crippen LogP contribution in [0.3, 0.4) is 0 Å². The first-order valence-electron chi connectivity index (χ1n) is 11.5. The lowest BCUT2D eigenvalue weighted by atomic mass is 10.1. The van der Waals surface area contributed by atoms with Crippen LogP contribution in [0.4, 0.5) is 0 Å². The van der Waals surface area contributed by atoms with Gasteiger partial charge in [0.25, 0.3) is 0 Å². The van der Waals surface area contributed by atoms with Crippen molar-refractivity contribution in [1.29, 1.82) is 0 Å². The quantitative estimate of drug-likeness (QED) is 0.282. The summed E-state index contributed by atoms with van der Waals surface area (Å²) in [4.78, 5) is 11.9. The van der Waals surface area contributed by atoms with Crippen molar-refractivity contribution in [3.8, 4) is 11.4 Å². The van der Waals surface area contributed by atoms with E-state index in [4.69, 9.17) is 9.47 Å².